The summed E-state index contributed by atoms with van der Waals surface area (Å²) in [4.78, 5) is 23.0. The van der Waals surface area contributed by atoms with Crippen molar-refractivity contribution in [1.29, 1.82) is 0 Å². The van der Waals surface area contributed by atoms with Crippen molar-refractivity contribution in [1.82, 2.24) is 15.1 Å². The number of non-ortho nitro benzene ring substituents is 1. The van der Waals surface area contributed by atoms with Gasteiger partial charge in [-0.15, -0.1) is 0 Å². The van der Waals surface area contributed by atoms with Gasteiger partial charge in [-0.3, -0.25) is 14.9 Å². The van der Waals surface area contributed by atoms with E-state index in [9.17, 15) is 14.9 Å². The maximum atomic E-state index is 12.7. The number of rotatable bonds is 4. The molecule has 2 aromatic rings. The molecule has 2 saturated carbocycles. The number of nitrogens with one attached hydrogen (secondary N) is 1. The summed E-state index contributed by atoms with van der Waals surface area (Å²) in [6.45, 7) is 0. The molecule has 1 aromatic heterocycles. The van der Waals surface area contributed by atoms with Gasteiger partial charge < -0.3 is 11.1 Å². The van der Waals surface area contributed by atoms with Crippen molar-refractivity contribution in [3.05, 3.63) is 52.3 Å². The highest BCUT2D eigenvalue weighted by atomic mass is 16.6. The molecule has 4 rings (SSSR count). The molecule has 0 aliphatic heterocycles. The predicted octanol–water partition coefficient (Wildman–Crippen LogP) is 2.42. The number of nitro benzene ring substituents is 1. The summed E-state index contributed by atoms with van der Waals surface area (Å²) in [6, 6.07) is 8.15. The second-order valence-corrected chi connectivity index (χ2v) is 7.60. The fourth-order valence-corrected chi connectivity index (χ4v) is 4.57. The van der Waals surface area contributed by atoms with Crippen LogP contribution in [-0.2, 0) is 0 Å². The van der Waals surface area contributed by atoms with Crippen LogP contribution in [0.5, 0.6) is 0 Å². The zero-order valence-corrected chi connectivity index (χ0v) is 15.0. The summed E-state index contributed by atoms with van der Waals surface area (Å²) < 4.78 is 1.55. The highest BCUT2D eigenvalue weighted by Gasteiger charge is 2.40. The second-order valence-electron chi connectivity index (χ2n) is 7.60. The van der Waals surface area contributed by atoms with E-state index in [0.717, 1.165) is 25.7 Å². The van der Waals surface area contributed by atoms with Gasteiger partial charge in [-0.1, -0.05) is 6.42 Å². The number of carbonyl (C=O) groups is 1. The van der Waals surface area contributed by atoms with Crippen LogP contribution in [0.3, 0.4) is 0 Å². The summed E-state index contributed by atoms with van der Waals surface area (Å²) in [7, 11) is 0. The molecule has 0 saturated heterocycles. The number of hydrogen-bond acceptors (Lipinski definition) is 5. The summed E-state index contributed by atoms with van der Waals surface area (Å²) in [6.07, 6.45) is 7.08. The Kier molecular flexibility index (Phi) is 4.65. The van der Waals surface area contributed by atoms with Crippen LogP contribution in [0.1, 0.15) is 42.6 Å². The van der Waals surface area contributed by atoms with E-state index in [4.69, 9.17) is 5.73 Å². The van der Waals surface area contributed by atoms with E-state index in [0.29, 0.717) is 23.2 Å². The molecule has 8 nitrogen and oxygen atoms in total. The molecule has 142 valence electrons. The first-order chi connectivity index (χ1) is 13.0. The molecular weight excluding hydrogens is 346 g/mol. The molecule has 27 heavy (non-hydrogen) atoms. The molecule has 2 atom stereocenters. The quantitative estimate of drug-likeness (QED) is 0.634. The van der Waals surface area contributed by atoms with E-state index >= 15 is 0 Å². The van der Waals surface area contributed by atoms with Gasteiger partial charge in [0.05, 0.1) is 10.6 Å². The molecule has 1 amide bonds. The van der Waals surface area contributed by atoms with Gasteiger partial charge in [-0.25, -0.2) is 4.68 Å². The van der Waals surface area contributed by atoms with E-state index < -0.39 is 4.92 Å². The van der Waals surface area contributed by atoms with Gasteiger partial charge in [0.1, 0.15) is 0 Å². The topological polar surface area (TPSA) is 116 Å². The number of amides is 1. The summed E-state index contributed by atoms with van der Waals surface area (Å²) >= 11 is 0. The monoisotopic (exact) mass is 369 g/mol. The van der Waals surface area contributed by atoms with Crippen LogP contribution in [0.25, 0.3) is 5.69 Å². The summed E-state index contributed by atoms with van der Waals surface area (Å²) in [5.74, 6) is 0.731. The standard InChI is InChI=1S/C19H23N5O3/c20-14-10-12-2-1-3-13(11-14)18(12)21-19(25)17-8-9-23(22-17)15-4-6-16(7-5-15)24(26)27/h4-9,12-14,18H,1-3,10-11,20H2,(H,21,25). The van der Waals surface area contributed by atoms with Crippen molar-refractivity contribution < 1.29 is 9.72 Å². The molecule has 0 radical (unpaired) electrons. The number of fused-ring (bicyclic) bond motifs is 2. The van der Waals surface area contributed by atoms with Gasteiger partial charge in [0.25, 0.3) is 11.6 Å². The van der Waals surface area contributed by atoms with Crippen molar-refractivity contribution in [3.63, 3.8) is 0 Å². The normalized spacial score (nSPS) is 27.1. The lowest BCUT2D eigenvalue weighted by molar-refractivity contribution is -0.384. The summed E-state index contributed by atoms with van der Waals surface area (Å²) in [5.41, 5.74) is 7.19. The number of hydrogen-bond donors (Lipinski definition) is 2. The average molecular weight is 369 g/mol. The molecule has 2 bridgehead atoms. The third kappa shape index (κ3) is 3.57. The van der Waals surface area contributed by atoms with Gasteiger partial charge in [0.15, 0.2) is 5.69 Å². The minimum Gasteiger partial charge on any atom is -0.347 e. The molecule has 1 aromatic carbocycles. The molecule has 0 spiro atoms. The lowest BCUT2D eigenvalue weighted by Crippen LogP contribution is -2.53. The van der Waals surface area contributed by atoms with Gasteiger partial charge >= 0.3 is 0 Å². The summed E-state index contributed by atoms with van der Waals surface area (Å²) in [5, 5.41) is 18.3. The maximum absolute atomic E-state index is 12.7. The smallest absolute Gasteiger partial charge is 0.272 e. The van der Waals surface area contributed by atoms with Crippen LogP contribution < -0.4 is 11.1 Å². The van der Waals surface area contributed by atoms with Crippen LogP contribution in [-0.4, -0.2) is 32.7 Å². The minimum absolute atomic E-state index is 0.0194. The van der Waals surface area contributed by atoms with Gasteiger partial charge in [-0.2, -0.15) is 5.10 Å². The van der Waals surface area contributed by atoms with Crippen LogP contribution in [0.4, 0.5) is 5.69 Å². The Labute approximate surface area is 156 Å². The third-order valence-corrected chi connectivity index (χ3v) is 5.82. The number of nitro groups is 1. The van der Waals surface area contributed by atoms with Gasteiger partial charge in [-0.05, 0) is 55.7 Å². The maximum Gasteiger partial charge on any atom is 0.272 e. The first-order valence-electron chi connectivity index (χ1n) is 9.38. The zero-order chi connectivity index (χ0) is 19.0. The van der Waals surface area contributed by atoms with Crippen molar-refractivity contribution in [2.45, 2.75) is 44.2 Å². The average Bonchev–Trinajstić information content (AvgIpc) is 3.13. The first-order valence-corrected chi connectivity index (χ1v) is 9.38. The van der Waals surface area contributed by atoms with Crippen molar-refractivity contribution in [3.8, 4) is 5.69 Å². The molecule has 1 heterocycles. The van der Waals surface area contributed by atoms with Crippen molar-refractivity contribution in [2.75, 3.05) is 0 Å². The van der Waals surface area contributed by atoms with Crippen LogP contribution in [0, 0.1) is 22.0 Å². The lowest BCUT2D eigenvalue weighted by Gasteiger charge is -2.45. The molecule has 2 fully saturated rings. The number of carbonyl (C=O) groups excluding carboxylic acids is 1. The fraction of sp³-hybridized carbons (Fsp3) is 0.474. The largest absolute Gasteiger partial charge is 0.347 e. The number of aromatic nitrogens is 2. The molecule has 2 unspecified atom stereocenters. The van der Waals surface area contributed by atoms with Crippen molar-refractivity contribution in [2.24, 2.45) is 17.6 Å². The Hall–Kier alpha value is -2.74. The molecule has 2 aliphatic rings. The Morgan fingerprint density at radius 2 is 1.85 bits per heavy atom. The molecular formula is C19H23N5O3. The lowest BCUT2D eigenvalue weighted by atomic mass is 9.67. The predicted molar refractivity (Wildman–Crippen MR) is 99.5 cm³/mol. The third-order valence-electron chi connectivity index (χ3n) is 5.82. The van der Waals surface area contributed by atoms with Crippen molar-refractivity contribution >= 4 is 11.6 Å². The van der Waals surface area contributed by atoms with E-state index in [1.165, 1.54) is 18.6 Å². The Bertz CT molecular complexity index is 833. The van der Waals surface area contributed by atoms with Crippen LogP contribution >= 0.6 is 0 Å². The van der Waals surface area contributed by atoms with E-state index in [2.05, 4.69) is 10.4 Å². The molecule has 3 N–H and O–H groups in total. The van der Waals surface area contributed by atoms with E-state index in [1.54, 1.807) is 29.1 Å². The first kappa shape index (κ1) is 17.7. The highest BCUT2D eigenvalue weighted by molar-refractivity contribution is 5.92. The number of benzene rings is 1. The zero-order valence-electron chi connectivity index (χ0n) is 15.0. The molecule has 8 heteroatoms. The Morgan fingerprint density at radius 1 is 1.19 bits per heavy atom. The van der Waals surface area contributed by atoms with Crippen LogP contribution in [0.15, 0.2) is 36.5 Å². The fourth-order valence-electron chi connectivity index (χ4n) is 4.57. The van der Waals surface area contributed by atoms with Gasteiger partial charge in [0, 0.05) is 30.4 Å². The van der Waals surface area contributed by atoms with Crippen LogP contribution in [0.2, 0.25) is 0 Å². The number of nitrogens with two attached hydrogens (primary N) is 1. The van der Waals surface area contributed by atoms with E-state index in [-0.39, 0.29) is 23.7 Å². The minimum atomic E-state index is -0.446. The molecule has 2 aliphatic carbocycles. The highest BCUT2D eigenvalue weighted by Crippen LogP contribution is 2.39. The Balaban J connectivity index is 1.46. The number of nitrogens with zero attached hydrogens (tertiary/aromatic N) is 3. The van der Waals surface area contributed by atoms with Gasteiger partial charge in [0.2, 0.25) is 0 Å². The Morgan fingerprint density at radius 3 is 2.48 bits per heavy atom. The second kappa shape index (κ2) is 7.11. The van der Waals surface area contributed by atoms with E-state index in [1.807, 2.05) is 0 Å². The SMILES string of the molecule is NC1CC2CCCC(C1)C2NC(=O)c1ccn(-c2ccc([N+](=O)[O-])cc2)n1.